The molecule has 0 aliphatic rings. The Balaban J connectivity index is 4.40. The summed E-state index contributed by atoms with van der Waals surface area (Å²) in [5.41, 5.74) is 0.337. The van der Waals surface area contributed by atoms with Gasteiger partial charge >= 0.3 is 0 Å². The van der Waals surface area contributed by atoms with Crippen LogP contribution in [0.25, 0.3) is 0 Å². The predicted octanol–water partition coefficient (Wildman–Crippen LogP) is 2.78. The Labute approximate surface area is 82.4 Å². The van der Waals surface area contributed by atoms with Crippen LogP contribution in [0, 0.1) is 10.8 Å². The Morgan fingerprint density at radius 2 is 1.38 bits per heavy atom. The molecular weight excluding hydrogens is 160 g/mol. The van der Waals surface area contributed by atoms with E-state index < -0.39 is 0 Å². The van der Waals surface area contributed by atoms with Crippen molar-refractivity contribution in [2.24, 2.45) is 15.9 Å². The third-order valence-electron chi connectivity index (χ3n) is 1.20. The lowest BCUT2D eigenvalue weighted by atomic mass is 9.99. The Kier molecular flexibility index (Phi) is 3.83. The van der Waals surface area contributed by atoms with Crippen LogP contribution in [0.4, 0.5) is 0 Å². The molecule has 0 atom stereocenters. The van der Waals surface area contributed by atoms with E-state index in [0.29, 0.717) is 0 Å². The van der Waals surface area contributed by atoms with Gasteiger partial charge in [0.1, 0.15) is 0 Å². The smallest absolute Gasteiger partial charge is 0.0978 e. The summed E-state index contributed by atoms with van der Waals surface area (Å²) >= 11 is 0. The van der Waals surface area contributed by atoms with E-state index in [1.54, 1.807) is 0 Å². The molecule has 2 nitrogen and oxygen atoms in total. The van der Waals surface area contributed by atoms with E-state index in [1.807, 2.05) is 17.9 Å². The lowest BCUT2D eigenvalue weighted by Gasteiger charge is -2.09. The maximum atomic E-state index is 4.33. The van der Waals surface area contributed by atoms with Crippen molar-refractivity contribution in [2.75, 3.05) is 7.05 Å². The summed E-state index contributed by atoms with van der Waals surface area (Å²) in [6, 6.07) is 0. The molecule has 0 heterocycles. The van der Waals surface area contributed by atoms with Crippen molar-refractivity contribution in [1.82, 2.24) is 0 Å². The fourth-order valence-corrected chi connectivity index (χ4v) is 0.858. The molecule has 2 heteroatoms. The van der Waals surface area contributed by atoms with Crippen molar-refractivity contribution in [3.8, 4) is 0 Å². The second-order valence-electron chi connectivity index (χ2n) is 5.68. The van der Waals surface area contributed by atoms with E-state index in [1.165, 1.54) is 0 Å². The van der Waals surface area contributed by atoms with Crippen LogP contribution in [0.2, 0.25) is 0 Å². The number of hydrogen-bond acceptors (Lipinski definition) is 1. The van der Waals surface area contributed by atoms with Crippen molar-refractivity contribution < 1.29 is 4.68 Å². The van der Waals surface area contributed by atoms with Crippen LogP contribution in [0.3, 0.4) is 0 Å². The van der Waals surface area contributed by atoms with Crippen molar-refractivity contribution in [1.29, 1.82) is 0 Å². The van der Waals surface area contributed by atoms with Gasteiger partial charge in [-0.15, -0.1) is 0 Å². The highest BCUT2D eigenvalue weighted by atomic mass is 15.3. The van der Waals surface area contributed by atoms with Crippen LogP contribution < -0.4 is 0 Å². The summed E-state index contributed by atoms with van der Waals surface area (Å²) < 4.78 is 1.88. The number of nitrogens with zero attached hydrogens (tertiary/aromatic N) is 2. The highest BCUT2D eigenvalue weighted by Gasteiger charge is 2.13. The third kappa shape index (κ3) is 9.25. The Morgan fingerprint density at radius 3 is 1.69 bits per heavy atom. The molecule has 13 heavy (non-hydrogen) atoms. The fourth-order valence-electron chi connectivity index (χ4n) is 0.858. The largest absolute Gasteiger partial charge is 0.177 e. The van der Waals surface area contributed by atoms with Crippen LogP contribution in [-0.4, -0.2) is 24.2 Å². The first-order chi connectivity index (χ1) is 5.60. The molecule has 0 aliphatic carbocycles. The summed E-state index contributed by atoms with van der Waals surface area (Å²) in [6.07, 6.45) is 4.07. The maximum Gasteiger partial charge on any atom is 0.177 e. The van der Waals surface area contributed by atoms with E-state index >= 15 is 0 Å². The zero-order chi connectivity index (χ0) is 10.7. The first kappa shape index (κ1) is 12.3. The molecule has 0 aromatic carbocycles. The minimum Gasteiger partial charge on any atom is -0.0978 e. The molecule has 0 saturated heterocycles. The molecule has 0 aromatic heterocycles. The van der Waals surface area contributed by atoms with E-state index in [-0.39, 0.29) is 10.8 Å². The molecule has 0 unspecified atom stereocenters. The molecule has 0 N–H and O–H groups in total. The van der Waals surface area contributed by atoms with Crippen molar-refractivity contribution in [3.63, 3.8) is 0 Å². The normalized spacial score (nSPS) is 15.5. The van der Waals surface area contributed by atoms with Gasteiger partial charge in [-0.05, 0) is 5.10 Å². The van der Waals surface area contributed by atoms with Crippen LogP contribution in [-0.2, 0) is 0 Å². The molecule has 0 amide bonds. The average molecular weight is 183 g/mol. The number of hydrazone groups is 1. The van der Waals surface area contributed by atoms with Gasteiger partial charge in [-0.1, -0.05) is 46.2 Å². The van der Waals surface area contributed by atoms with E-state index in [2.05, 4.69) is 52.9 Å². The predicted molar refractivity (Wildman–Crippen MR) is 59.7 cm³/mol. The van der Waals surface area contributed by atoms with Crippen LogP contribution in [0.1, 0.15) is 41.5 Å². The zero-order valence-electron chi connectivity index (χ0n) is 10.0. The van der Waals surface area contributed by atoms with Gasteiger partial charge in [0, 0.05) is 10.8 Å². The summed E-state index contributed by atoms with van der Waals surface area (Å²) in [4.78, 5) is 0. The first-order valence-corrected chi connectivity index (χ1v) is 4.74. The quantitative estimate of drug-likeness (QED) is 0.337. The third-order valence-corrected chi connectivity index (χ3v) is 1.20. The maximum absolute atomic E-state index is 4.33. The van der Waals surface area contributed by atoms with Gasteiger partial charge in [0.25, 0.3) is 0 Å². The topological polar surface area (TPSA) is 15.4 Å². The summed E-state index contributed by atoms with van der Waals surface area (Å²) in [5, 5.41) is 4.33. The highest BCUT2D eigenvalue weighted by Crippen LogP contribution is 2.10. The minimum absolute atomic E-state index is 0.153. The van der Waals surface area contributed by atoms with Gasteiger partial charge in [0.05, 0.1) is 6.21 Å². The second kappa shape index (κ2) is 4.03. The van der Waals surface area contributed by atoms with Crippen LogP contribution in [0.15, 0.2) is 5.10 Å². The van der Waals surface area contributed by atoms with Crippen molar-refractivity contribution in [3.05, 3.63) is 0 Å². The monoisotopic (exact) mass is 183 g/mol. The number of hydrogen-bond donors (Lipinski definition) is 0. The van der Waals surface area contributed by atoms with Gasteiger partial charge in [-0.25, -0.2) is 0 Å². The summed E-state index contributed by atoms with van der Waals surface area (Å²) in [6.45, 7) is 12.9. The molecule has 0 rings (SSSR count). The van der Waals surface area contributed by atoms with E-state index in [0.717, 1.165) is 0 Å². The van der Waals surface area contributed by atoms with Crippen LogP contribution >= 0.6 is 0 Å². The van der Waals surface area contributed by atoms with Gasteiger partial charge in [-0.2, -0.15) is 0 Å². The fraction of sp³-hybridized carbons (Fsp3) is 0.818. The SMILES string of the molecule is C[N+](=CC(C)(C)C)N=CC(C)(C)C. The molecule has 0 aromatic rings. The summed E-state index contributed by atoms with van der Waals surface area (Å²) in [5.74, 6) is 0. The minimum atomic E-state index is 0.153. The Bertz CT molecular complexity index is 211. The Morgan fingerprint density at radius 1 is 0.923 bits per heavy atom. The van der Waals surface area contributed by atoms with Gasteiger partial charge in [0.15, 0.2) is 13.3 Å². The van der Waals surface area contributed by atoms with E-state index in [9.17, 15) is 0 Å². The average Bonchev–Trinajstić information content (AvgIpc) is 1.78. The number of rotatable bonds is 1. The lowest BCUT2D eigenvalue weighted by molar-refractivity contribution is -0.500. The molecule has 0 radical (unpaired) electrons. The van der Waals surface area contributed by atoms with Crippen molar-refractivity contribution in [2.45, 2.75) is 41.5 Å². The molecular formula is C11H23N2+. The second-order valence-corrected chi connectivity index (χ2v) is 5.68. The van der Waals surface area contributed by atoms with E-state index in [4.69, 9.17) is 0 Å². The van der Waals surface area contributed by atoms with Crippen molar-refractivity contribution >= 4 is 12.4 Å². The van der Waals surface area contributed by atoms with Gasteiger partial charge in [-0.3, -0.25) is 0 Å². The first-order valence-electron chi connectivity index (χ1n) is 4.74. The standard InChI is InChI=1S/C11H23N2/c1-10(2,3)8-12-13(7)9-11(4,5)6/h8-9H,1-7H3/q+1. The molecule has 76 valence electrons. The van der Waals surface area contributed by atoms with Gasteiger partial charge < -0.3 is 0 Å². The molecule has 0 saturated carbocycles. The zero-order valence-corrected chi connectivity index (χ0v) is 10.0. The molecule has 0 aliphatic heterocycles. The Hall–Kier alpha value is -0.660. The summed E-state index contributed by atoms with van der Waals surface area (Å²) in [7, 11) is 1.97. The highest BCUT2D eigenvalue weighted by molar-refractivity contribution is 5.64. The molecule has 0 bridgehead atoms. The van der Waals surface area contributed by atoms with Gasteiger partial charge in [0.2, 0.25) is 0 Å². The molecule has 0 fully saturated rings. The van der Waals surface area contributed by atoms with Crippen LogP contribution in [0.5, 0.6) is 0 Å². The lowest BCUT2D eigenvalue weighted by Crippen LogP contribution is -2.16. The molecule has 0 spiro atoms.